The minimum Gasteiger partial charge on any atom is -0.379 e. The number of carbonyl (C=O) groups excluding carboxylic acids is 1. The summed E-state index contributed by atoms with van der Waals surface area (Å²) in [7, 11) is 1.80. The molecule has 0 atom stereocenters. The maximum Gasteiger partial charge on any atom is 0.253 e. The molecule has 4 heteroatoms. The van der Waals surface area contributed by atoms with Gasteiger partial charge in [0.05, 0.1) is 6.61 Å². The number of ether oxygens (including phenoxy) is 1. The number of nitrogens with two attached hydrogens (primary N) is 1. The summed E-state index contributed by atoms with van der Waals surface area (Å²) >= 11 is 0. The highest BCUT2D eigenvalue weighted by atomic mass is 16.5. The molecule has 1 saturated carbocycles. The molecule has 0 aliphatic heterocycles. The molecule has 0 aromatic heterocycles. The van der Waals surface area contributed by atoms with Gasteiger partial charge in [-0.15, -0.1) is 0 Å². The molecule has 0 heterocycles. The van der Waals surface area contributed by atoms with Crippen LogP contribution in [0.2, 0.25) is 0 Å². The average Bonchev–Trinajstić information content (AvgIpc) is 3.26. The van der Waals surface area contributed by atoms with E-state index in [0.29, 0.717) is 25.3 Å². The Hall–Kier alpha value is -1.39. The van der Waals surface area contributed by atoms with Crippen LogP contribution in [0.5, 0.6) is 0 Å². The number of likely N-dealkylation sites (N-methyl/N-ethyl adjacent to an activating group) is 1. The zero-order valence-corrected chi connectivity index (χ0v) is 11.5. The molecule has 1 aromatic rings. The van der Waals surface area contributed by atoms with Gasteiger partial charge >= 0.3 is 0 Å². The molecule has 1 aromatic carbocycles. The highest BCUT2D eigenvalue weighted by molar-refractivity contribution is 5.94. The Morgan fingerprint density at radius 3 is 2.95 bits per heavy atom. The fraction of sp³-hybridized carbons (Fsp3) is 0.533. The largest absolute Gasteiger partial charge is 0.379 e. The number of hydrogen-bond donors (Lipinski definition) is 1. The number of carbonyl (C=O) groups is 1. The van der Waals surface area contributed by atoms with Gasteiger partial charge < -0.3 is 15.4 Å². The zero-order valence-electron chi connectivity index (χ0n) is 11.5. The van der Waals surface area contributed by atoms with Crippen molar-refractivity contribution in [3.63, 3.8) is 0 Å². The second kappa shape index (κ2) is 6.68. The van der Waals surface area contributed by atoms with Crippen LogP contribution in [-0.2, 0) is 11.3 Å². The SMILES string of the molecule is CN(CCOCC1CC1)C(=O)c1cccc(CN)c1. The fourth-order valence-electron chi connectivity index (χ4n) is 1.89. The lowest BCUT2D eigenvalue weighted by Gasteiger charge is -2.17. The van der Waals surface area contributed by atoms with Gasteiger partial charge in [0.25, 0.3) is 5.91 Å². The zero-order chi connectivity index (χ0) is 13.7. The lowest BCUT2D eigenvalue weighted by atomic mass is 10.1. The Balaban J connectivity index is 1.79. The topological polar surface area (TPSA) is 55.6 Å². The first kappa shape index (κ1) is 14.0. The van der Waals surface area contributed by atoms with Crippen LogP contribution >= 0.6 is 0 Å². The van der Waals surface area contributed by atoms with E-state index in [2.05, 4.69) is 0 Å². The van der Waals surface area contributed by atoms with Gasteiger partial charge in [-0.05, 0) is 36.5 Å². The molecule has 0 spiro atoms. The third-order valence-electron chi connectivity index (χ3n) is 3.38. The first-order chi connectivity index (χ1) is 9.20. The van der Waals surface area contributed by atoms with Crippen LogP contribution < -0.4 is 5.73 Å². The summed E-state index contributed by atoms with van der Waals surface area (Å²) in [5, 5.41) is 0. The van der Waals surface area contributed by atoms with Crippen LogP contribution in [0, 0.1) is 5.92 Å². The van der Waals surface area contributed by atoms with Gasteiger partial charge in [-0.2, -0.15) is 0 Å². The molecule has 4 nitrogen and oxygen atoms in total. The summed E-state index contributed by atoms with van der Waals surface area (Å²) < 4.78 is 5.55. The summed E-state index contributed by atoms with van der Waals surface area (Å²) in [4.78, 5) is 13.9. The lowest BCUT2D eigenvalue weighted by molar-refractivity contribution is 0.0681. The van der Waals surface area contributed by atoms with Crippen LogP contribution in [-0.4, -0.2) is 37.6 Å². The third-order valence-corrected chi connectivity index (χ3v) is 3.38. The quantitative estimate of drug-likeness (QED) is 0.760. The van der Waals surface area contributed by atoms with Gasteiger partial charge in [0, 0.05) is 32.3 Å². The molecule has 2 N–H and O–H groups in total. The number of benzene rings is 1. The minimum absolute atomic E-state index is 0.0188. The van der Waals surface area contributed by atoms with Crippen molar-refractivity contribution in [3.05, 3.63) is 35.4 Å². The Kier molecular flexibility index (Phi) is 4.93. The molecule has 1 fully saturated rings. The van der Waals surface area contributed by atoms with E-state index in [4.69, 9.17) is 10.5 Å². The van der Waals surface area contributed by atoms with Crippen molar-refractivity contribution < 1.29 is 9.53 Å². The molecular formula is C15H22N2O2. The molecule has 104 valence electrons. The van der Waals surface area contributed by atoms with E-state index in [1.54, 1.807) is 11.9 Å². The normalized spacial score (nSPS) is 14.4. The number of nitrogens with zero attached hydrogens (tertiary/aromatic N) is 1. The van der Waals surface area contributed by atoms with Gasteiger partial charge in [-0.3, -0.25) is 4.79 Å². The van der Waals surface area contributed by atoms with E-state index >= 15 is 0 Å². The van der Waals surface area contributed by atoms with Crippen LogP contribution in [0.3, 0.4) is 0 Å². The first-order valence-electron chi connectivity index (χ1n) is 6.83. The molecule has 0 saturated heterocycles. The molecule has 1 aliphatic rings. The van der Waals surface area contributed by atoms with Crippen LogP contribution in [0.15, 0.2) is 24.3 Å². The second-order valence-corrected chi connectivity index (χ2v) is 5.15. The van der Waals surface area contributed by atoms with E-state index in [9.17, 15) is 4.79 Å². The summed E-state index contributed by atoms with van der Waals surface area (Å²) in [5.74, 6) is 0.785. The first-order valence-corrected chi connectivity index (χ1v) is 6.83. The highest BCUT2D eigenvalue weighted by Gasteiger charge is 2.21. The van der Waals surface area contributed by atoms with Crippen molar-refractivity contribution in [3.8, 4) is 0 Å². The maximum atomic E-state index is 12.2. The third kappa shape index (κ3) is 4.33. The summed E-state index contributed by atoms with van der Waals surface area (Å²) in [6, 6.07) is 7.47. The summed E-state index contributed by atoms with van der Waals surface area (Å²) in [6.07, 6.45) is 2.58. The molecule has 19 heavy (non-hydrogen) atoms. The summed E-state index contributed by atoms with van der Waals surface area (Å²) in [6.45, 7) is 2.52. The van der Waals surface area contributed by atoms with Crippen molar-refractivity contribution in [2.24, 2.45) is 11.7 Å². The molecule has 2 rings (SSSR count). The van der Waals surface area contributed by atoms with Gasteiger partial charge in [0.15, 0.2) is 0 Å². The Morgan fingerprint density at radius 2 is 2.26 bits per heavy atom. The number of rotatable bonds is 7. The molecule has 1 aliphatic carbocycles. The van der Waals surface area contributed by atoms with Crippen LogP contribution in [0.4, 0.5) is 0 Å². The maximum absolute atomic E-state index is 12.2. The molecule has 1 amide bonds. The van der Waals surface area contributed by atoms with E-state index in [1.165, 1.54) is 12.8 Å². The smallest absolute Gasteiger partial charge is 0.253 e. The Morgan fingerprint density at radius 1 is 1.47 bits per heavy atom. The van der Waals surface area contributed by atoms with E-state index in [0.717, 1.165) is 18.1 Å². The highest BCUT2D eigenvalue weighted by Crippen LogP contribution is 2.28. The van der Waals surface area contributed by atoms with E-state index in [-0.39, 0.29) is 5.91 Å². The van der Waals surface area contributed by atoms with Gasteiger partial charge in [0.1, 0.15) is 0 Å². The average molecular weight is 262 g/mol. The molecule has 0 radical (unpaired) electrons. The monoisotopic (exact) mass is 262 g/mol. The van der Waals surface area contributed by atoms with Crippen molar-refractivity contribution in [2.45, 2.75) is 19.4 Å². The predicted molar refractivity (Wildman–Crippen MR) is 74.8 cm³/mol. The van der Waals surface area contributed by atoms with Crippen molar-refractivity contribution in [2.75, 3.05) is 26.8 Å². The Bertz CT molecular complexity index is 430. The van der Waals surface area contributed by atoms with Crippen molar-refractivity contribution in [1.82, 2.24) is 4.90 Å². The van der Waals surface area contributed by atoms with Gasteiger partial charge in [-0.25, -0.2) is 0 Å². The lowest BCUT2D eigenvalue weighted by Crippen LogP contribution is -2.30. The number of hydrogen-bond acceptors (Lipinski definition) is 3. The van der Waals surface area contributed by atoms with Crippen molar-refractivity contribution >= 4 is 5.91 Å². The number of amides is 1. The summed E-state index contributed by atoms with van der Waals surface area (Å²) in [5.41, 5.74) is 7.25. The molecule has 0 bridgehead atoms. The van der Waals surface area contributed by atoms with Crippen molar-refractivity contribution in [1.29, 1.82) is 0 Å². The minimum atomic E-state index is 0.0188. The molecular weight excluding hydrogens is 240 g/mol. The van der Waals surface area contributed by atoms with Crippen LogP contribution in [0.25, 0.3) is 0 Å². The van der Waals surface area contributed by atoms with Gasteiger partial charge in [-0.1, -0.05) is 12.1 Å². The Labute approximate surface area is 114 Å². The standard InChI is InChI=1S/C15H22N2O2/c1-17(7-8-19-11-12-5-6-12)15(18)14-4-2-3-13(9-14)10-16/h2-4,9,12H,5-8,10-11,16H2,1H3. The predicted octanol–water partition coefficient (Wildman–Crippen LogP) is 1.64. The van der Waals surface area contributed by atoms with E-state index in [1.807, 2.05) is 24.3 Å². The second-order valence-electron chi connectivity index (χ2n) is 5.15. The molecule has 0 unspecified atom stereocenters. The van der Waals surface area contributed by atoms with E-state index < -0.39 is 0 Å². The van der Waals surface area contributed by atoms with Gasteiger partial charge in [0.2, 0.25) is 0 Å². The fourth-order valence-corrected chi connectivity index (χ4v) is 1.89. The van der Waals surface area contributed by atoms with Crippen LogP contribution in [0.1, 0.15) is 28.8 Å².